The summed E-state index contributed by atoms with van der Waals surface area (Å²) < 4.78 is 1.60. The summed E-state index contributed by atoms with van der Waals surface area (Å²) in [7, 11) is 0. The normalized spacial score (nSPS) is 12.2. The molecule has 0 N–H and O–H groups in total. The van der Waals surface area contributed by atoms with E-state index < -0.39 is 0 Å². The van der Waals surface area contributed by atoms with Crippen LogP contribution >= 0.6 is 0 Å². The monoisotopic (exact) mass is 876 g/mol. The quantitative estimate of drug-likeness (QED) is 0.148. The average molecular weight is 879 g/mol. The van der Waals surface area contributed by atoms with Gasteiger partial charge in [0.25, 0.3) is 0 Å². The number of fused-ring (bicyclic) bond motifs is 3. The van der Waals surface area contributed by atoms with Crippen molar-refractivity contribution in [3.63, 3.8) is 0 Å². The van der Waals surface area contributed by atoms with E-state index in [1.807, 2.05) is 12.2 Å². The molecule has 0 aliphatic heterocycles. The second-order valence-corrected chi connectivity index (χ2v) is 19.0. The fraction of sp³-hybridized carbons (Fsp3) is 0.255. The number of hydrogen-bond donors (Lipinski definition) is 0. The van der Waals surface area contributed by atoms with Crippen molar-refractivity contribution in [2.24, 2.45) is 0 Å². The number of halogens is 2. The third-order valence-corrected chi connectivity index (χ3v) is 11.5. The minimum absolute atomic E-state index is 0. The molecule has 3 heteroatoms. The van der Waals surface area contributed by atoms with Crippen molar-refractivity contribution < 1.29 is 49.0 Å². The maximum absolute atomic E-state index is 3.93. The van der Waals surface area contributed by atoms with Gasteiger partial charge in [0.05, 0.1) is 0 Å². The standard InChI is InChI=1S/C35H37.C15H14.C5H5.2ClH.Zr/c1-22-13-9-11-15-26(22)30-18-24-17-25-19-31(27-16-12-10-14-23(27)2)33(35(6,7)8)21-29(25)28(24)20-32(30)34(3,4)5;1-3-8-14(9-4-1)12-7-13-15-10-5-2-6-11-15;1-2-4-5-3-1;;;/h9-16,18,20-21H,17H2,1-8H3;1-6,8-11H,12-13H2;1-3H,4H2;2*1H;/q-1;;-1;;;+2/p-2. The van der Waals surface area contributed by atoms with Crippen molar-refractivity contribution in [1.82, 2.24) is 0 Å². The number of rotatable bonds is 6. The minimum atomic E-state index is 0. The summed E-state index contributed by atoms with van der Waals surface area (Å²) in [6.07, 6.45) is 13.2. The van der Waals surface area contributed by atoms with E-state index in [4.69, 9.17) is 0 Å². The molecule has 2 aliphatic rings. The van der Waals surface area contributed by atoms with Crippen LogP contribution in [-0.2, 0) is 54.3 Å². The van der Waals surface area contributed by atoms with Gasteiger partial charge in [-0.25, -0.2) is 12.2 Å². The molecule has 0 aromatic heterocycles. The van der Waals surface area contributed by atoms with E-state index >= 15 is 0 Å². The molecule has 0 bridgehead atoms. The molecule has 0 heterocycles. The fourth-order valence-electron chi connectivity index (χ4n) is 7.66. The van der Waals surface area contributed by atoms with Crippen LogP contribution in [0.2, 0.25) is 0 Å². The van der Waals surface area contributed by atoms with Gasteiger partial charge in [0, 0.05) is 0 Å². The summed E-state index contributed by atoms with van der Waals surface area (Å²) in [6.45, 7) is 18.4. The first-order valence-electron chi connectivity index (χ1n) is 20.0. The van der Waals surface area contributed by atoms with Gasteiger partial charge in [-0.15, -0.1) is 35.2 Å². The van der Waals surface area contributed by atoms with E-state index in [-0.39, 0.29) is 35.6 Å². The van der Waals surface area contributed by atoms with Gasteiger partial charge in [-0.05, 0) is 58.9 Å². The van der Waals surface area contributed by atoms with Gasteiger partial charge in [-0.3, -0.25) is 6.08 Å². The molecule has 0 fully saturated rings. The zero-order valence-corrected chi connectivity index (χ0v) is 39.4. The van der Waals surface area contributed by atoms with Gasteiger partial charge in [-0.2, -0.15) is 6.08 Å². The van der Waals surface area contributed by atoms with Crippen molar-refractivity contribution in [2.75, 3.05) is 0 Å². The third kappa shape index (κ3) is 11.9. The first kappa shape index (κ1) is 46.8. The predicted octanol–water partition coefficient (Wildman–Crippen LogP) is 8.11. The van der Waals surface area contributed by atoms with Crippen molar-refractivity contribution in [2.45, 2.75) is 91.9 Å². The van der Waals surface area contributed by atoms with Crippen LogP contribution in [0.4, 0.5) is 0 Å². The van der Waals surface area contributed by atoms with Crippen LogP contribution in [0.3, 0.4) is 0 Å². The molecule has 6 aromatic rings. The Morgan fingerprint density at radius 3 is 1.53 bits per heavy atom. The Balaban J connectivity index is 0.000000268. The molecule has 58 heavy (non-hydrogen) atoms. The van der Waals surface area contributed by atoms with Gasteiger partial charge in [0.2, 0.25) is 0 Å². The average Bonchev–Trinajstić information content (AvgIpc) is 3.87. The molecule has 0 radical (unpaired) electrons. The first-order valence-corrected chi connectivity index (χ1v) is 21.3. The first-order chi connectivity index (χ1) is 26.8. The van der Waals surface area contributed by atoms with Gasteiger partial charge in [0.15, 0.2) is 0 Å². The Bertz CT molecular complexity index is 2190. The van der Waals surface area contributed by atoms with Gasteiger partial charge in [-0.1, -0.05) is 124 Å². The van der Waals surface area contributed by atoms with Crippen LogP contribution in [0.25, 0.3) is 33.4 Å². The van der Waals surface area contributed by atoms with Gasteiger partial charge < -0.3 is 24.8 Å². The zero-order chi connectivity index (χ0) is 39.9. The predicted molar refractivity (Wildman–Crippen MR) is 238 cm³/mol. The van der Waals surface area contributed by atoms with E-state index in [1.54, 1.807) is 27.4 Å². The van der Waals surface area contributed by atoms with Crippen LogP contribution in [-0.4, -0.2) is 3.21 Å². The van der Waals surface area contributed by atoms with Gasteiger partial charge in [0.1, 0.15) is 0 Å². The van der Waals surface area contributed by atoms with Crippen LogP contribution in [0, 0.1) is 26.0 Å². The van der Waals surface area contributed by atoms with Crippen molar-refractivity contribution >= 4 is 3.21 Å². The Hall–Kier alpha value is -3.87. The summed E-state index contributed by atoms with van der Waals surface area (Å²) >= 11 is 1.55. The molecule has 0 saturated carbocycles. The molecule has 0 amide bonds. The van der Waals surface area contributed by atoms with Crippen LogP contribution in [0.1, 0.15) is 92.5 Å². The summed E-state index contributed by atoms with van der Waals surface area (Å²) in [4.78, 5) is 0. The molecule has 0 unspecified atom stereocenters. The molecule has 0 saturated heterocycles. The molecular formula is C55H56Cl2Zr-2. The molecule has 8 rings (SSSR count). The number of benzene rings is 6. The Labute approximate surface area is 377 Å². The number of aryl methyl sites for hydroxylation is 2. The fourth-order valence-corrected chi connectivity index (χ4v) is 8.67. The summed E-state index contributed by atoms with van der Waals surface area (Å²) in [5, 5.41) is 0. The topological polar surface area (TPSA) is 0 Å². The van der Waals surface area contributed by atoms with Crippen molar-refractivity contribution in [1.29, 1.82) is 0 Å². The number of hydrogen-bond acceptors (Lipinski definition) is 0. The van der Waals surface area contributed by atoms with Crippen LogP contribution in [0.5, 0.6) is 0 Å². The Kier molecular flexibility index (Phi) is 16.9. The van der Waals surface area contributed by atoms with Crippen LogP contribution < -0.4 is 24.8 Å². The summed E-state index contributed by atoms with van der Waals surface area (Å²) in [5.41, 5.74) is 19.1. The van der Waals surface area contributed by atoms with Crippen molar-refractivity contribution in [3.8, 4) is 33.4 Å². The van der Waals surface area contributed by atoms with E-state index in [0.29, 0.717) is 0 Å². The van der Waals surface area contributed by atoms with E-state index in [0.717, 1.165) is 25.7 Å². The second kappa shape index (κ2) is 20.9. The molecule has 0 nitrogen and oxygen atoms in total. The molecule has 296 valence electrons. The SMILES string of the molecule is Cc1ccccc1-c1[c-]c2c(cc1C(C)(C)C)-c1cc(C(C)(C)C)c(-c3ccccc3C)cc1C2.[C-]1=CC=CC1.[Cl-].[Cl-].[Zr+2]=[C](Cc1ccccc1)Cc1ccccc1. The molecule has 0 spiro atoms. The van der Waals surface area contributed by atoms with Crippen LogP contribution in [0.15, 0.2) is 146 Å². The third-order valence-electron chi connectivity index (χ3n) is 10.6. The van der Waals surface area contributed by atoms with E-state index in [2.05, 4.69) is 201 Å². The summed E-state index contributed by atoms with van der Waals surface area (Å²) in [6, 6.07) is 50.3. The molecule has 0 atom stereocenters. The number of allylic oxidation sites excluding steroid dienone is 4. The van der Waals surface area contributed by atoms with E-state index in [9.17, 15) is 0 Å². The Morgan fingerprint density at radius 2 is 1.07 bits per heavy atom. The molecule has 2 aliphatic carbocycles. The zero-order valence-electron chi connectivity index (χ0n) is 35.4. The van der Waals surface area contributed by atoms with Gasteiger partial charge >= 0.3 is 112 Å². The maximum atomic E-state index is 3.93. The summed E-state index contributed by atoms with van der Waals surface area (Å²) in [5.74, 6) is 0. The molecule has 6 aromatic carbocycles. The van der Waals surface area contributed by atoms with Crippen molar-refractivity contribution in [3.05, 3.63) is 202 Å². The molecular weight excluding hydrogens is 823 g/mol. The van der Waals surface area contributed by atoms with E-state index in [1.165, 1.54) is 77.9 Å². The second-order valence-electron chi connectivity index (χ2n) is 17.2. The Morgan fingerprint density at radius 1 is 0.569 bits per heavy atom.